The lowest BCUT2D eigenvalue weighted by molar-refractivity contribution is -0.384. The number of nitrogens with one attached hydrogen (secondary N) is 1. The fraction of sp³-hybridized carbons (Fsp3) is 0.562. The zero-order valence-corrected chi connectivity index (χ0v) is 16.7. The van der Waals surface area contributed by atoms with Crippen molar-refractivity contribution in [2.45, 2.75) is 46.1 Å². The molecule has 0 amide bonds. The van der Waals surface area contributed by atoms with E-state index in [1.54, 1.807) is 0 Å². The van der Waals surface area contributed by atoms with Crippen LogP contribution in [0, 0.1) is 16.0 Å². The van der Waals surface area contributed by atoms with Crippen molar-refractivity contribution >= 4 is 29.8 Å². The summed E-state index contributed by atoms with van der Waals surface area (Å²) in [6, 6.07) is 4.10. The first-order valence-electron chi connectivity index (χ1n) is 8.32. The van der Waals surface area contributed by atoms with Crippen molar-refractivity contribution in [3.05, 3.63) is 34.4 Å². The number of ether oxygens (including phenoxy) is 1. The van der Waals surface area contributed by atoms with Gasteiger partial charge >= 0.3 is 12.8 Å². The minimum atomic E-state index is -3.91. The number of nitro groups is 1. The predicted molar refractivity (Wildman–Crippen MR) is 99.4 cm³/mol. The highest BCUT2D eigenvalue weighted by Crippen LogP contribution is 2.49. The van der Waals surface area contributed by atoms with E-state index in [9.17, 15) is 19.5 Å². The molecule has 1 aromatic carbocycles. The topological polar surface area (TPSA) is 108 Å². The van der Waals surface area contributed by atoms with Crippen LogP contribution in [0.15, 0.2) is 24.3 Å². The molecular formula is C16H24ClN2O6P. The minimum absolute atomic E-state index is 0.0871. The third-order valence-corrected chi connectivity index (χ3v) is 4.88. The molecule has 10 heteroatoms. The molecule has 0 bridgehead atoms. The van der Waals surface area contributed by atoms with E-state index < -0.39 is 23.8 Å². The highest BCUT2D eigenvalue weighted by molar-refractivity contribution is 7.84. The molecule has 8 nitrogen and oxygen atoms in total. The van der Waals surface area contributed by atoms with Crippen molar-refractivity contribution in [3.8, 4) is 5.75 Å². The van der Waals surface area contributed by atoms with Crippen LogP contribution in [0.2, 0.25) is 0 Å². The molecule has 1 aromatic rings. The van der Waals surface area contributed by atoms with E-state index in [-0.39, 0.29) is 24.0 Å². The van der Waals surface area contributed by atoms with E-state index >= 15 is 0 Å². The summed E-state index contributed by atoms with van der Waals surface area (Å²) in [5, 5.41) is 13.2. The average Bonchev–Trinajstić information content (AvgIpc) is 2.53. The zero-order chi connectivity index (χ0) is 19.7. The molecule has 2 atom stereocenters. The van der Waals surface area contributed by atoms with Gasteiger partial charge in [-0.25, -0.2) is 9.65 Å². The lowest BCUT2D eigenvalue weighted by Gasteiger charge is -2.22. The summed E-state index contributed by atoms with van der Waals surface area (Å²) in [5.74, 6) is -0.327. The van der Waals surface area contributed by atoms with Gasteiger partial charge in [-0.3, -0.25) is 14.9 Å². The molecule has 1 unspecified atom stereocenters. The first-order chi connectivity index (χ1) is 12.1. The van der Waals surface area contributed by atoms with Gasteiger partial charge in [-0.15, -0.1) is 0 Å². The Labute approximate surface area is 157 Å². The van der Waals surface area contributed by atoms with E-state index in [1.165, 1.54) is 24.3 Å². The highest BCUT2D eigenvalue weighted by atomic mass is 35.7. The number of unbranched alkanes of at least 4 members (excludes halogenated alkanes) is 1. The number of non-ortho nitro benzene ring substituents is 1. The maximum atomic E-state index is 12.5. The molecule has 0 aromatic heterocycles. The number of nitro benzene ring substituents is 1. The van der Waals surface area contributed by atoms with Gasteiger partial charge in [0.25, 0.3) is 5.69 Å². The van der Waals surface area contributed by atoms with E-state index in [2.05, 4.69) is 5.09 Å². The monoisotopic (exact) mass is 406 g/mol. The number of halogens is 1. The van der Waals surface area contributed by atoms with Gasteiger partial charge < -0.3 is 9.26 Å². The van der Waals surface area contributed by atoms with Gasteiger partial charge in [-0.1, -0.05) is 27.2 Å². The number of hydrogen-bond acceptors (Lipinski definition) is 6. The summed E-state index contributed by atoms with van der Waals surface area (Å²) in [5.41, 5.74) is -0.132. The lowest BCUT2D eigenvalue weighted by atomic mass is 10.1. The first-order valence-corrected chi connectivity index (χ1v) is 10.9. The van der Waals surface area contributed by atoms with Crippen LogP contribution in [0.5, 0.6) is 5.75 Å². The second-order valence-corrected chi connectivity index (χ2v) is 8.89. The second kappa shape index (κ2) is 10.5. The fourth-order valence-corrected chi connectivity index (χ4v) is 3.69. The lowest BCUT2D eigenvalue weighted by Crippen LogP contribution is -2.37. The summed E-state index contributed by atoms with van der Waals surface area (Å²) in [6.07, 6.45) is 1.98. The van der Waals surface area contributed by atoms with Crippen LogP contribution >= 0.6 is 18.1 Å². The average molecular weight is 407 g/mol. The van der Waals surface area contributed by atoms with E-state index in [0.717, 1.165) is 12.8 Å². The largest absolute Gasteiger partial charge is 0.465 e. The molecule has 0 spiro atoms. The SMILES string of the molecule is CCCCOC(=O)[C@H](CC(C)C)NP(=O)(Cl)Oc1ccc([N+](=O)[O-])cc1. The van der Waals surface area contributed by atoms with Crippen LogP contribution in [-0.2, 0) is 14.1 Å². The number of hydrogen-bond donors (Lipinski definition) is 1. The molecule has 0 radical (unpaired) electrons. The fourth-order valence-electron chi connectivity index (χ4n) is 2.07. The van der Waals surface area contributed by atoms with Crippen molar-refractivity contribution in [2.24, 2.45) is 5.92 Å². The van der Waals surface area contributed by atoms with Gasteiger partial charge in [-0.2, -0.15) is 0 Å². The first kappa shape index (κ1) is 22.4. The number of nitrogens with zero attached hydrogens (tertiary/aromatic N) is 1. The number of benzene rings is 1. The van der Waals surface area contributed by atoms with Crippen LogP contribution < -0.4 is 9.61 Å². The van der Waals surface area contributed by atoms with Crippen LogP contribution in [0.1, 0.15) is 40.0 Å². The van der Waals surface area contributed by atoms with E-state index in [0.29, 0.717) is 6.42 Å². The molecule has 0 heterocycles. The van der Waals surface area contributed by atoms with Crippen molar-refractivity contribution in [3.63, 3.8) is 0 Å². The molecule has 146 valence electrons. The smallest absolute Gasteiger partial charge is 0.409 e. The standard InChI is InChI=1S/C16H24ClN2O6P/c1-4-5-10-24-16(20)15(11-12(2)3)18-26(17,23)25-14-8-6-13(7-9-14)19(21)22/h6-9,12,15H,4-5,10-11H2,1-3H3,(H,18,23)/t15-,26?/m0/s1. The van der Waals surface area contributed by atoms with Crippen LogP contribution in [0.3, 0.4) is 0 Å². The van der Waals surface area contributed by atoms with E-state index in [4.69, 9.17) is 20.5 Å². The van der Waals surface area contributed by atoms with Crippen molar-refractivity contribution in [2.75, 3.05) is 6.61 Å². The summed E-state index contributed by atoms with van der Waals surface area (Å²) < 4.78 is 22.9. The summed E-state index contributed by atoms with van der Waals surface area (Å²) in [4.78, 5) is 22.3. The summed E-state index contributed by atoms with van der Waals surface area (Å²) in [7, 11) is 0. The van der Waals surface area contributed by atoms with Gasteiger partial charge in [0.15, 0.2) is 0 Å². The zero-order valence-electron chi connectivity index (χ0n) is 15.0. The molecule has 0 saturated carbocycles. The van der Waals surface area contributed by atoms with Crippen LogP contribution in [-0.4, -0.2) is 23.5 Å². The van der Waals surface area contributed by atoms with Gasteiger partial charge in [0, 0.05) is 23.4 Å². The van der Waals surface area contributed by atoms with Gasteiger partial charge in [0.2, 0.25) is 0 Å². The van der Waals surface area contributed by atoms with Crippen LogP contribution in [0.4, 0.5) is 5.69 Å². The third kappa shape index (κ3) is 8.17. The Balaban J connectivity index is 2.78. The van der Waals surface area contributed by atoms with Crippen LogP contribution in [0.25, 0.3) is 0 Å². The third-order valence-electron chi connectivity index (χ3n) is 3.31. The quantitative estimate of drug-likeness (QED) is 0.187. The Kier molecular flexibility index (Phi) is 9.05. The Morgan fingerprint density at radius 3 is 2.46 bits per heavy atom. The number of carbonyl (C=O) groups is 1. The van der Waals surface area contributed by atoms with Crippen molar-refractivity contribution in [1.29, 1.82) is 0 Å². The minimum Gasteiger partial charge on any atom is -0.465 e. The Morgan fingerprint density at radius 2 is 1.96 bits per heavy atom. The molecular weight excluding hydrogens is 383 g/mol. The molecule has 0 saturated heterocycles. The van der Waals surface area contributed by atoms with Crippen molar-refractivity contribution < 1.29 is 23.5 Å². The molecule has 26 heavy (non-hydrogen) atoms. The number of rotatable bonds is 11. The summed E-state index contributed by atoms with van der Waals surface area (Å²) in [6.45, 7) is 2.16. The van der Waals surface area contributed by atoms with Gasteiger partial charge in [0.1, 0.15) is 11.8 Å². The molecule has 1 N–H and O–H groups in total. The molecule has 0 aliphatic heterocycles. The van der Waals surface area contributed by atoms with Crippen molar-refractivity contribution in [1.82, 2.24) is 5.09 Å². The Morgan fingerprint density at radius 1 is 1.35 bits per heavy atom. The molecule has 0 fully saturated rings. The number of esters is 1. The predicted octanol–water partition coefficient (Wildman–Crippen LogP) is 4.67. The molecule has 0 aliphatic carbocycles. The number of carbonyl (C=O) groups excluding carboxylic acids is 1. The highest BCUT2D eigenvalue weighted by Gasteiger charge is 2.31. The van der Waals surface area contributed by atoms with E-state index in [1.807, 2.05) is 20.8 Å². The molecule has 1 rings (SSSR count). The Bertz CT molecular complexity index is 653. The van der Waals surface area contributed by atoms with Gasteiger partial charge in [-0.05, 0) is 30.9 Å². The maximum Gasteiger partial charge on any atom is 0.409 e. The second-order valence-electron chi connectivity index (χ2n) is 6.15. The molecule has 0 aliphatic rings. The van der Waals surface area contributed by atoms with Gasteiger partial charge in [0.05, 0.1) is 11.5 Å². The maximum absolute atomic E-state index is 12.5. The Hall–Kier alpha value is -1.63. The normalized spacial score (nSPS) is 14.5. The summed E-state index contributed by atoms with van der Waals surface area (Å²) >= 11 is 5.94.